The molecule has 1 unspecified atom stereocenters. The summed E-state index contributed by atoms with van der Waals surface area (Å²) < 4.78 is 42.1. The summed E-state index contributed by atoms with van der Waals surface area (Å²) in [7, 11) is 0. The number of alkyl halides is 3. The highest BCUT2D eigenvalue weighted by atomic mass is 19.4. The zero-order chi connectivity index (χ0) is 15.7. The van der Waals surface area contributed by atoms with E-state index in [4.69, 9.17) is 4.74 Å². The summed E-state index contributed by atoms with van der Waals surface area (Å²) in [6, 6.07) is 7.83. The first kappa shape index (κ1) is 17.8. The fourth-order valence-electron chi connectivity index (χ4n) is 2.21. The molecule has 5 heteroatoms. The average Bonchev–Trinajstić information content (AvgIpc) is 2.37. The smallest absolute Gasteiger partial charge is 0.389 e. The van der Waals surface area contributed by atoms with Gasteiger partial charge in [-0.2, -0.15) is 13.2 Å². The molecule has 0 bridgehead atoms. The van der Waals surface area contributed by atoms with Crippen LogP contribution < -0.4 is 10.1 Å². The van der Waals surface area contributed by atoms with Gasteiger partial charge in [-0.1, -0.05) is 19.1 Å². The molecule has 0 radical (unpaired) electrons. The maximum absolute atomic E-state index is 12.2. The van der Waals surface area contributed by atoms with Crippen molar-refractivity contribution in [3.8, 4) is 5.75 Å². The topological polar surface area (TPSA) is 21.3 Å². The summed E-state index contributed by atoms with van der Waals surface area (Å²) in [5.74, 6) is 0.806. The van der Waals surface area contributed by atoms with E-state index in [9.17, 15) is 13.2 Å². The molecule has 1 rings (SSSR count). The second kappa shape index (κ2) is 8.93. The number of ether oxygens (including phenoxy) is 1. The van der Waals surface area contributed by atoms with Crippen molar-refractivity contribution < 1.29 is 17.9 Å². The molecule has 0 spiro atoms. The molecule has 0 aliphatic rings. The van der Waals surface area contributed by atoms with E-state index in [1.807, 2.05) is 38.1 Å². The maximum Gasteiger partial charge on any atom is 0.389 e. The first-order valence-electron chi connectivity index (χ1n) is 7.40. The monoisotopic (exact) mass is 303 g/mol. The van der Waals surface area contributed by atoms with E-state index in [-0.39, 0.29) is 12.5 Å². The lowest BCUT2D eigenvalue weighted by atomic mass is 10.1. The van der Waals surface area contributed by atoms with Gasteiger partial charge < -0.3 is 10.1 Å². The molecule has 1 aromatic rings. The van der Waals surface area contributed by atoms with Gasteiger partial charge in [0.05, 0.1) is 6.61 Å². The quantitative estimate of drug-likeness (QED) is 0.726. The molecule has 0 aliphatic carbocycles. The predicted octanol–water partition coefficient (Wildman–Crippen LogP) is 4.47. The van der Waals surface area contributed by atoms with E-state index < -0.39 is 12.6 Å². The van der Waals surface area contributed by atoms with Gasteiger partial charge in [-0.25, -0.2) is 0 Å². The number of hydrogen-bond donors (Lipinski definition) is 1. The minimum absolute atomic E-state index is 0.0714. The number of benzene rings is 1. The van der Waals surface area contributed by atoms with Crippen LogP contribution in [-0.2, 0) is 0 Å². The second-order valence-corrected chi connectivity index (χ2v) is 5.22. The van der Waals surface area contributed by atoms with E-state index in [0.29, 0.717) is 19.4 Å². The molecule has 2 nitrogen and oxygen atoms in total. The Morgan fingerprint density at radius 3 is 2.62 bits per heavy atom. The molecule has 0 amide bonds. The Bertz CT molecular complexity index is 407. The summed E-state index contributed by atoms with van der Waals surface area (Å²) >= 11 is 0. The number of aryl methyl sites for hydroxylation is 1. The van der Waals surface area contributed by atoms with Crippen LogP contribution in [0.5, 0.6) is 5.75 Å². The van der Waals surface area contributed by atoms with Crippen LogP contribution in [0.4, 0.5) is 13.2 Å². The molecule has 1 aromatic carbocycles. The number of nitrogens with one attached hydrogen (secondary N) is 1. The third kappa shape index (κ3) is 8.60. The van der Waals surface area contributed by atoms with E-state index in [1.165, 1.54) is 0 Å². The Morgan fingerprint density at radius 2 is 2.00 bits per heavy atom. The minimum atomic E-state index is -4.06. The normalized spacial score (nSPS) is 13.2. The number of rotatable bonds is 9. The maximum atomic E-state index is 12.2. The Morgan fingerprint density at radius 1 is 1.24 bits per heavy atom. The second-order valence-electron chi connectivity index (χ2n) is 5.22. The SMILES string of the molecule is CCNC(CCCC(F)(F)F)CCOc1cccc(C)c1. The van der Waals surface area contributed by atoms with Gasteiger partial charge in [0.15, 0.2) is 0 Å². The van der Waals surface area contributed by atoms with Crippen LogP contribution in [0.15, 0.2) is 24.3 Å². The first-order chi connectivity index (χ1) is 9.90. The van der Waals surface area contributed by atoms with Crippen molar-refractivity contribution in [2.75, 3.05) is 13.2 Å². The fourth-order valence-corrected chi connectivity index (χ4v) is 2.21. The summed E-state index contributed by atoms with van der Waals surface area (Å²) in [5.41, 5.74) is 1.13. The lowest BCUT2D eigenvalue weighted by molar-refractivity contribution is -0.135. The highest BCUT2D eigenvalue weighted by molar-refractivity contribution is 5.27. The highest BCUT2D eigenvalue weighted by Crippen LogP contribution is 2.23. The largest absolute Gasteiger partial charge is 0.494 e. The van der Waals surface area contributed by atoms with Gasteiger partial charge in [0, 0.05) is 12.5 Å². The molecule has 0 aromatic heterocycles. The summed E-state index contributed by atoms with van der Waals surface area (Å²) in [4.78, 5) is 0. The van der Waals surface area contributed by atoms with Crippen molar-refractivity contribution >= 4 is 0 Å². The molecule has 120 valence electrons. The van der Waals surface area contributed by atoms with Crippen LogP contribution in [-0.4, -0.2) is 25.4 Å². The summed E-state index contributed by atoms with van der Waals surface area (Å²) in [5, 5.41) is 3.22. The van der Waals surface area contributed by atoms with Gasteiger partial charge in [0.25, 0.3) is 0 Å². The first-order valence-corrected chi connectivity index (χ1v) is 7.40. The van der Waals surface area contributed by atoms with Crippen molar-refractivity contribution in [2.45, 2.75) is 51.7 Å². The van der Waals surface area contributed by atoms with Crippen LogP contribution in [0, 0.1) is 6.92 Å². The van der Waals surface area contributed by atoms with E-state index in [1.54, 1.807) is 0 Å². The molecule has 0 saturated heterocycles. The molecular formula is C16H24F3NO. The van der Waals surface area contributed by atoms with Gasteiger partial charge in [0.1, 0.15) is 5.75 Å². The molecular weight excluding hydrogens is 279 g/mol. The molecule has 0 fully saturated rings. The van der Waals surface area contributed by atoms with E-state index >= 15 is 0 Å². The standard InChI is InChI=1S/C16H24F3NO/c1-3-20-14(7-5-10-16(17,18)19)9-11-21-15-8-4-6-13(2)12-15/h4,6,8,12,14,20H,3,5,7,9-11H2,1-2H3. The van der Waals surface area contributed by atoms with Crippen molar-refractivity contribution in [1.82, 2.24) is 5.32 Å². The molecule has 21 heavy (non-hydrogen) atoms. The van der Waals surface area contributed by atoms with E-state index in [2.05, 4.69) is 5.32 Å². The minimum Gasteiger partial charge on any atom is -0.494 e. The lowest BCUT2D eigenvalue weighted by Crippen LogP contribution is -2.30. The van der Waals surface area contributed by atoms with Gasteiger partial charge in [-0.3, -0.25) is 0 Å². The van der Waals surface area contributed by atoms with Crippen LogP contribution in [0.1, 0.15) is 38.2 Å². The lowest BCUT2D eigenvalue weighted by Gasteiger charge is -2.18. The Balaban J connectivity index is 2.30. The van der Waals surface area contributed by atoms with Crippen molar-refractivity contribution in [3.05, 3.63) is 29.8 Å². The predicted molar refractivity (Wildman–Crippen MR) is 78.7 cm³/mol. The summed E-state index contributed by atoms with van der Waals surface area (Å²) in [6.07, 6.45) is -3.39. The zero-order valence-corrected chi connectivity index (χ0v) is 12.7. The molecule has 0 saturated carbocycles. The van der Waals surface area contributed by atoms with Crippen LogP contribution >= 0.6 is 0 Å². The molecule has 0 aliphatic heterocycles. The number of halogens is 3. The van der Waals surface area contributed by atoms with Crippen LogP contribution in [0.25, 0.3) is 0 Å². The van der Waals surface area contributed by atoms with Crippen molar-refractivity contribution in [3.63, 3.8) is 0 Å². The Labute approximate surface area is 124 Å². The molecule has 1 N–H and O–H groups in total. The Hall–Kier alpha value is -1.23. The molecule has 0 heterocycles. The van der Waals surface area contributed by atoms with Gasteiger partial charge >= 0.3 is 6.18 Å². The molecule has 1 atom stereocenters. The third-order valence-corrected chi connectivity index (χ3v) is 3.23. The van der Waals surface area contributed by atoms with Crippen LogP contribution in [0.2, 0.25) is 0 Å². The average molecular weight is 303 g/mol. The van der Waals surface area contributed by atoms with Crippen LogP contribution in [0.3, 0.4) is 0 Å². The Kier molecular flexibility index (Phi) is 7.57. The summed E-state index contributed by atoms with van der Waals surface area (Å²) in [6.45, 7) is 5.21. The number of hydrogen-bond acceptors (Lipinski definition) is 2. The highest BCUT2D eigenvalue weighted by Gasteiger charge is 2.26. The third-order valence-electron chi connectivity index (χ3n) is 3.23. The van der Waals surface area contributed by atoms with Gasteiger partial charge in [-0.05, 0) is 50.4 Å². The van der Waals surface area contributed by atoms with Crippen molar-refractivity contribution in [1.29, 1.82) is 0 Å². The van der Waals surface area contributed by atoms with Gasteiger partial charge in [0.2, 0.25) is 0 Å². The van der Waals surface area contributed by atoms with Crippen molar-refractivity contribution in [2.24, 2.45) is 0 Å². The fraction of sp³-hybridized carbons (Fsp3) is 0.625. The van der Waals surface area contributed by atoms with E-state index in [0.717, 1.165) is 17.9 Å². The van der Waals surface area contributed by atoms with Gasteiger partial charge in [-0.15, -0.1) is 0 Å². The zero-order valence-electron chi connectivity index (χ0n) is 12.7.